The number of likely N-dealkylation sites (tertiary alicyclic amines) is 1. The average Bonchev–Trinajstić information content (AvgIpc) is 3.09. The van der Waals surface area contributed by atoms with Gasteiger partial charge in [-0.2, -0.15) is 0 Å². The maximum atomic E-state index is 13.1. The van der Waals surface area contributed by atoms with E-state index >= 15 is 0 Å². The molecule has 0 radical (unpaired) electrons. The highest BCUT2D eigenvalue weighted by molar-refractivity contribution is 7.13. The number of anilines is 1. The fraction of sp³-hybridized carbons (Fsp3) is 0.571. The van der Waals surface area contributed by atoms with Gasteiger partial charge in [-0.25, -0.2) is 15.0 Å². The quantitative estimate of drug-likeness (QED) is 0.808. The van der Waals surface area contributed by atoms with Gasteiger partial charge in [-0.15, -0.1) is 11.3 Å². The molecule has 1 atom stereocenters. The summed E-state index contributed by atoms with van der Waals surface area (Å²) >= 11 is 1.44. The van der Waals surface area contributed by atoms with E-state index < -0.39 is 0 Å². The number of thiazole rings is 1. The Labute approximate surface area is 180 Å². The fourth-order valence-corrected chi connectivity index (χ4v) is 5.30. The summed E-state index contributed by atoms with van der Waals surface area (Å²) in [5.41, 5.74) is 2.72. The van der Waals surface area contributed by atoms with Gasteiger partial charge in [0.1, 0.15) is 10.7 Å². The molecule has 30 heavy (non-hydrogen) atoms. The van der Waals surface area contributed by atoms with Crippen LogP contribution in [0, 0.1) is 13.8 Å². The van der Waals surface area contributed by atoms with Gasteiger partial charge in [-0.1, -0.05) is 0 Å². The normalized spacial score (nSPS) is 18.9. The zero-order valence-electron chi connectivity index (χ0n) is 18.0. The number of nitrogens with one attached hydrogen (secondary N) is 1. The second-order valence-electron chi connectivity index (χ2n) is 7.95. The highest BCUT2D eigenvalue weighted by atomic mass is 32.1. The monoisotopic (exact) mass is 428 g/mol. The van der Waals surface area contributed by atoms with Crippen LogP contribution in [0.25, 0.3) is 0 Å². The number of fused-ring (bicyclic) bond motifs is 1. The summed E-state index contributed by atoms with van der Waals surface area (Å²) in [6, 6.07) is -0.0730. The molecule has 160 valence electrons. The zero-order valence-corrected chi connectivity index (χ0v) is 18.8. The third-order valence-electron chi connectivity index (χ3n) is 5.90. The van der Waals surface area contributed by atoms with Gasteiger partial charge in [0, 0.05) is 39.0 Å². The fourth-order valence-electron chi connectivity index (χ4n) is 4.41. The number of hydrogen-bond acceptors (Lipinski definition) is 7. The molecule has 8 nitrogen and oxygen atoms in total. The van der Waals surface area contributed by atoms with E-state index in [0.29, 0.717) is 30.2 Å². The summed E-state index contributed by atoms with van der Waals surface area (Å²) in [5.74, 6) is 1.55. The Balaban J connectivity index is 1.63. The minimum absolute atomic E-state index is 0.0184. The Morgan fingerprint density at radius 2 is 1.93 bits per heavy atom. The van der Waals surface area contributed by atoms with Crippen LogP contribution in [0.4, 0.5) is 5.82 Å². The van der Waals surface area contributed by atoms with Crippen LogP contribution in [0.15, 0.2) is 0 Å². The van der Waals surface area contributed by atoms with Gasteiger partial charge in [0.25, 0.3) is 5.91 Å². The molecule has 0 bridgehead atoms. The Hall–Kier alpha value is -2.55. The molecule has 2 aromatic rings. The van der Waals surface area contributed by atoms with Crippen LogP contribution in [-0.2, 0) is 17.8 Å². The molecule has 2 aliphatic heterocycles. The molecule has 0 aliphatic carbocycles. The summed E-state index contributed by atoms with van der Waals surface area (Å²) < 4.78 is 0. The van der Waals surface area contributed by atoms with E-state index in [9.17, 15) is 9.59 Å². The van der Waals surface area contributed by atoms with E-state index in [0.717, 1.165) is 53.6 Å². The SMILES string of the molecule is CNc1nc(C2CCCCN2C(C)=O)nc2c1CN(C(=O)c1sc(C)nc1C)CC2. The van der Waals surface area contributed by atoms with Crippen LogP contribution in [0.5, 0.6) is 0 Å². The van der Waals surface area contributed by atoms with E-state index in [2.05, 4.69) is 10.3 Å². The molecule has 2 aromatic heterocycles. The van der Waals surface area contributed by atoms with Gasteiger partial charge in [0.15, 0.2) is 5.82 Å². The number of hydrogen-bond donors (Lipinski definition) is 1. The molecule has 1 unspecified atom stereocenters. The highest BCUT2D eigenvalue weighted by Gasteiger charge is 2.32. The van der Waals surface area contributed by atoms with Crippen molar-refractivity contribution in [1.29, 1.82) is 0 Å². The predicted octanol–water partition coefficient (Wildman–Crippen LogP) is 2.86. The van der Waals surface area contributed by atoms with Gasteiger partial charge >= 0.3 is 0 Å². The third kappa shape index (κ3) is 3.78. The standard InChI is InChI=1S/C21H28N6O2S/c1-12-18(30-13(2)23-12)21(29)26-10-8-16-15(11-26)19(22-4)25-20(24-16)17-7-5-6-9-27(17)14(3)28/h17H,5-11H2,1-4H3,(H,22,24,25). The molecule has 4 heterocycles. The lowest BCUT2D eigenvalue weighted by Gasteiger charge is -2.35. The molecule has 2 aliphatic rings. The van der Waals surface area contributed by atoms with E-state index in [1.54, 1.807) is 6.92 Å². The topological polar surface area (TPSA) is 91.3 Å². The van der Waals surface area contributed by atoms with Gasteiger partial charge in [0.05, 0.1) is 29.0 Å². The van der Waals surface area contributed by atoms with Crippen molar-refractivity contribution < 1.29 is 9.59 Å². The Bertz CT molecular complexity index is 971. The van der Waals surface area contributed by atoms with Crippen LogP contribution in [0.2, 0.25) is 0 Å². The van der Waals surface area contributed by atoms with Crippen molar-refractivity contribution >= 4 is 29.0 Å². The van der Waals surface area contributed by atoms with Crippen LogP contribution >= 0.6 is 11.3 Å². The van der Waals surface area contributed by atoms with Gasteiger partial charge < -0.3 is 15.1 Å². The summed E-state index contributed by atoms with van der Waals surface area (Å²) in [4.78, 5) is 43.7. The van der Waals surface area contributed by atoms with Crippen LogP contribution < -0.4 is 5.32 Å². The van der Waals surface area contributed by atoms with Crippen molar-refractivity contribution in [1.82, 2.24) is 24.8 Å². The molecule has 9 heteroatoms. The molecule has 1 N–H and O–H groups in total. The van der Waals surface area contributed by atoms with E-state index in [-0.39, 0.29) is 17.9 Å². The number of carbonyl (C=O) groups is 2. The van der Waals surface area contributed by atoms with Crippen molar-refractivity contribution in [2.24, 2.45) is 0 Å². The Morgan fingerprint density at radius 1 is 1.13 bits per heavy atom. The number of aryl methyl sites for hydroxylation is 2. The lowest BCUT2D eigenvalue weighted by molar-refractivity contribution is -0.132. The molecular weight excluding hydrogens is 400 g/mol. The number of amides is 2. The van der Waals surface area contributed by atoms with Crippen LogP contribution in [0.1, 0.15) is 69.7 Å². The maximum Gasteiger partial charge on any atom is 0.266 e. The van der Waals surface area contributed by atoms with Crippen molar-refractivity contribution in [2.75, 3.05) is 25.5 Å². The highest BCUT2D eigenvalue weighted by Crippen LogP contribution is 2.33. The van der Waals surface area contributed by atoms with Gasteiger partial charge in [-0.05, 0) is 33.1 Å². The minimum Gasteiger partial charge on any atom is -0.373 e. The molecule has 0 spiro atoms. The summed E-state index contributed by atoms with van der Waals surface area (Å²) in [6.45, 7) is 7.26. The minimum atomic E-state index is -0.0730. The van der Waals surface area contributed by atoms with E-state index in [1.165, 1.54) is 11.3 Å². The number of rotatable bonds is 3. The van der Waals surface area contributed by atoms with Crippen molar-refractivity contribution in [2.45, 2.75) is 59.0 Å². The molecule has 1 fully saturated rings. The number of aromatic nitrogens is 3. The maximum absolute atomic E-state index is 13.1. The Morgan fingerprint density at radius 3 is 2.60 bits per heavy atom. The first kappa shape index (κ1) is 20.7. The van der Waals surface area contributed by atoms with Crippen molar-refractivity contribution in [3.8, 4) is 0 Å². The predicted molar refractivity (Wildman–Crippen MR) is 116 cm³/mol. The number of nitrogens with zero attached hydrogens (tertiary/aromatic N) is 5. The summed E-state index contributed by atoms with van der Waals surface area (Å²) in [5, 5.41) is 4.09. The van der Waals surface area contributed by atoms with Crippen molar-refractivity contribution in [3.05, 3.63) is 32.7 Å². The summed E-state index contributed by atoms with van der Waals surface area (Å²) in [7, 11) is 1.84. The molecule has 1 saturated heterocycles. The van der Waals surface area contributed by atoms with E-state index in [1.807, 2.05) is 30.7 Å². The lowest BCUT2D eigenvalue weighted by atomic mass is 10.00. The largest absolute Gasteiger partial charge is 0.373 e. The first-order valence-electron chi connectivity index (χ1n) is 10.5. The first-order valence-corrected chi connectivity index (χ1v) is 11.3. The molecule has 0 aromatic carbocycles. The second kappa shape index (κ2) is 8.29. The van der Waals surface area contributed by atoms with Gasteiger partial charge in [0.2, 0.25) is 5.91 Å². The van der Waals surface area contributed by atoms with E-state index in [4.69, 9.17) is 9.97 Å². The van der Waals surface area contributed by atoms with Crippen molar-refractivity contribution in [3.63, 3.8) is 0 Å². The molecule has 4 rings (SSSR count). The second-order valence-corrected chi connectivity index (χ2v) is 9.16. The zero-order chi connectivity index (χ0) is 21.4. The van der Waals surface area contributed by atoms with Gasteiger partial charge in [-0.3, -0.25) is 9.59 Å². The van der Waals surface area contributed by atoms with Crippen LogP contribution in [0.3, 0.4) is 0 Å². The number of carbonyl (C=O) groups excluding carboxylic acids is 2. The van der Waals surface area contributed by atoms with Crippen LogP contribution in [-0.4, -0.2) is 56.7 Å². The average molecular weight is 429 g/mol. The molecule has 0 saturated carbocycles. The smallest absolute Gasteiger partial charge is 0.266 e. The summed E-state index contributed by atoms with van der Waals surface area (Å²) in [6.07, 6.45) is 3.65. The molecule has 2 amide bonds. The third-order valence-corrected chi connectivity index (χ3v) is 6.97. The Kier molecular flexibility index (Phi) is 5.73. The molecular formula is C21H28N6O2S. The first-order chi connectivity index (χ1) is 14.4. The lowest BCUT2D eigenvalue weighted by Crippen LogP contribution is -2.39. The number of piperidine rings is 1.